The Balaban J connectivity index is 1.36. The fraction of sp³-hybridized carbons (Fsp3) is 0.156. The highest BCUT2D eigenvalue weighted by atomic mass is 35.5. The molecule has 1 saturated heterocycles. The summed E-state index contributed by atoms with van der Waals surface area (Å²) in [6.45, 7) is -0.505. The minimum Gasteiger partial charge on any atom is -0.272 e. The van der Waals surface area contributed by atoms with Crippen LogP contribution in [0, 0.1) is 32.1 Å². The molecule has 1 heterocycles. The molecule has 0 unspecified atom stereocenters. The van der Waals surface area contributed by atoms with E-state index in [1.165, 1.54) is 24.3 Å². The summed E-state index contributed by atoms with van der Waals surface area (Å²) >= 11 is 6.02. The molecule has 2 atom stereocenters. The van der Waals surface area contributed by atoms with Crippen LogP contribution in [0.5, 0.6) is 0 Å². The van der Waals surface area contributed by atoms with Crippen LogP contribution in [0.15, 0.2) is 91.0 Å². The molecule has 0 radical (unpaired) electrons. The zero-order valence-electron chi connectivity index (χ0n) is 22.7. The van der Waals surface area contributed by atoms with E-state index >= 15 is 0 Å². The van der Waals surface area contributed by atoms with Crippen LogP contribution in [0.25, 0.3) is 0 Å². The maximum atomic E-state index is 14.4. The smallest absolute Gasteiger partial charge is 0.272 e. The number of nitro groups is 2. The third kappa shape index (κ3) is 4.00. The van der Waals surface area contributed by atoms with E-state index in [9.17, 15) is 34.6 Å². The van der Waals surface area contributed by atoms with E-state index in [1.807, 2.05) is 48.5 Å². The van der Waals surface area contributed by atoms with Gasteiger partial charge in [-0.15, -0.1) is 0 Å². The highest BCUT2D eigenvalue weighted by Gasteiger charge is 2.63. The summed E-state index contributed by atoms with van der Waals surface area (Å²) in [6, 6.07) is 24.0. The second-order valence-electron chi connectivity index (χ2n) is 10.9. The molecule has 3 amide bonds. The third-order valence-electron chi connectivity index (χ3n) is 8.79. The van der Waals surface area contributed by atoms with Gasteiger partial charge in [0, 0.05) is 40.6 Å². The number of carbonyl (C=O) groups is 3. The second-order valence-corrected chi connectivity index (χ2v) is 11.4. The number of nitrogens with zero attached hydrogens (tertiary/aromatic N) is 4. The highest BCUT2D eigenvalue weighted by Crippen LogP contribution is 2.61. The zero-order valence-corrected chi connectivity index (χ0v) is 23.5. The Bertz CT molecular complexity index is 1810. The molecule has 218 valence electrons. The lowest BCUT2D eigenvalue weighted by Crippen LogP contribution is -2.50. The number of halogens is 1. The first kappa shape index (κ1) is 27.4. The Morgan fingerprint density at radius 3 is 1.70 bits per heavy atom. The number of nitro benzene ring substituents is 2. The standard InChI is InChI=1S/C32H21ClN4O7/c33-19-12-9-18(25(15-19)37(43)44)16-34(30(38)17-10-13-20(14-11-17)36(41)42)35-31(39)28-26-21-5-1-2-6-22(21)27(29(28)32(35)40)24-8-4-3-7-23(24)26/h1-15,26-29H,16H2/t26?,27?,28-,29-/m1/s1. The van der Waals surface area contributed by atoms with Gasteiger partial charge in [-0.05, 0) is 46.5 Å². The first-order chi connectivity index (χ1) is 21.2. The Labute approximate surface area is 254 Å². The van der Waals surface area contributed by atoms with Crippen molar-refractivity contribution in [2.75, 3.05) is 0 Å². The summed E-state index contributed by atoms with van der Waals surface area (Å²) < 4.78 is 0. The van der Waals surface area contributed by atoms with Crippen LogP contribution < -0.4 is 0 Å². The quantitative estimate of drug-likeness (QED) is 0.157. The number of non-ortho nitro benzene ring substituents is 1. The number of carbonyl (C=O) groups excluding carboxylic acids is 3. The van der Waals surface area contributed by atoms with Crippen molar-refractivity contribution in [2.45, 2.75) is 18.4 Å². The monoisotopic (exact) mass is 608 g/mol. The normalized spacial score (nSPS) is 21.0. The average Bonchev–Trinajstić information content (AvgIpc) is 3.29. The summed E-state index contributed by atoms with van der Waals surface area (Å²) in [5, 5.41) is 25.0. The van der Waals surface area contributed by atoms with Crippen molar-refractivity contribution < 1.29 is 24.2 Å². The first-order valence-electron chi connectivity index (χ1n) is 13.7. The molecule has 0 N–H and O–H groups in total. The summed E-state index contributed by atoms with van der Waals surface area (Å²) in [6.07, 6.45) is 0. The molecule has 44 heavy (non-hydrogen) atoms. The molecule has 0 aromatic heterocycles. The molecular formula is C32H21ClN4O7. The van der Waals surface area contributed by atoms with Gasteiger partial charge in [0.25, 0.3) is 29.1 Å². The second kappa shape index (κ2) is 10.1. The van der Waals surface area contributed by atoms with Crippen LogP contribution in [0.3, 0.4) is 0 Å². The van der Waals surface area contributed by atoms with Gasteiger partial charge in [-0.3, -0.25) is 34.6 Å². The van der Waals surface area contributed by atoms with Gasteiger partial charge in [0.2, 0.25) is 0 Å². The maximum Gasteiger partial charge on any atom is 0.275 e. The molecule has 3 aliphatic carbocycles. The fourth-order valence-electron chi connectivity index (χ4n) is 7.01. The molecule has 8 rings (SSSR count). The van der Waals surface area contributed by atoms with Crippen molar-refractivity contribution in [2.24, 2.45) is 11.8 Å². The minimum atomic E-state index is -0.827. The van der Waals surface area contributed by atoms with Crippen molar-refractivity contribution >= 4 is 40.7 Å². The van der Waals surface area contributed by atoms with Crippen molar-refractivity contribution in [1.29, 1.82) is 0 Å². The molecule has 1 fully saturated rings. The number of imide groups is 1. The Morgan fingerprint density at radius 2 is 1.25 bits per heavy atom. The fourth-order valence-corrected chi connectivity index (χ4v) is 7.18. The summed E-state index contributed by atoms with van der Waals surface area (Å²) in [7, 11) is 0. The Kier molecular flexibility index (Phi) is 6.29. The molecule has 0 saturated carbocycles. The van der Waals surface area contributed by atoms with E-state index in [1.54, 1.807) is 0 Å². The van der Waals surface area contributed by atoms with Crippen LogP contribution in [-0.4, -0.2) is 37.6 Å². The number of hydrogen-bond donors (Lipinski definition) is 0. The Hall–Kier alpha value is -5.42. The van der Waals surface area contributed by atoms with Crippen molar-refractivity contribution in [3.05, 3.63) is 150 Å². The number of rotatable bonds is 6. The molecule has 12 heteroatoms. The van der Waals surface area contributed by atoms with E-state index in [4.69, 9.17) is 11.6 Å². The predicted molar refractivity (Wildman–Crippen MR) is 156 cm³/mol. The molecule has 1 aliphatic heterocycles. The van der Waals surface area contributed by atoms with Crippen molar-refractivity contribution in [1.82, 2.24) is 10.0 Å². The van der Waals surface area contributed by atoms with Gasteiger partial charge >= 0.3 is 0 Å². The molecule has 4 aromatic rings. The van der Waals surface area contributed by atoms with E-state index in [-0.39, 0.29) is 21.8 Å². The van der Waals surface area contributed by atoms with Gasteiger partial charge in [-0.1, -0.05) is 60.1 Å². The van der Waals surface area contributed by atoms with Crippen molar-refractivity contribution in [3.8, 4) is 0 Å². The van der Waals surface area contributed by atoms with Gasteiger partial charge in [0.15, 0.2) is 0 Å². The van der Waals surface area contributed by atoms with Gasteiger partial charge < -0.3 is 0 Å². The SMILES string of the molecule is O=C(c1ccc([N+](=O)[O-])cc1)N(Cc1ccc(Cl)cc1[N+](=O)[O-])N1C(=O)[C@@H]2C3c4ccccc4C(c4ccccc43)[C@H]2C1=O. The molecule has 11 nitrogen and oxygen atoms in total. The van der Waals surface area contributed by atoms with E-state index in [2.05, 4.69) is 0 Å². The predicted octanol–water partition coefficient (Wildman–Crippen LogP) is 5.61. The van der Waals surface area contributed by atoms with E-state index < -0.39 is 63.5 Å². The lowest BCUT2D eigenvalue weighted by atomic mass is 9.55. The Morgan fingerprint density at radius 1 is 0.750 bits per heavy atom. The molecule has 4 aliphatic rings. The zero-order chi connectivity index (χ0) is 30.9. The first-order valence-corrected chi connectivity index (χ1v) is 14.1. The summed E-state index contributed by atoms with van der Waals surface area (Å²) in [5.41, 5.74) is 3.13. The minimum absolute atomic E-state index is 0.0414. The lowest BCUT2D eigenvalue weighted by Gasteiger charge is -2.45. The van der Waals surface area contributed by atoms with Crippen LogP contribution in [0.4, 0.5) is 11.4 Å². The van der Waals surface area contributed by atoms with Gasteiger partial charge in [0.1, 0.15) is 0 Å². The van der Waals surface area contributed by atoms with Gasteiger partial charge in [-0.25, -0.2) is 5.01 Å². The maximum absolute atomic E-state index is 14.4. The molecule has 0 spiro atoms. The largest absolute Gasteiger partial charge is 0.275 e. The summed E-state index contributed by atoms with van der Waals surface area (Å²) in [5.74, 6) is -4.47. The molecule has 2 bridgehead atoms. The lowest BCUT2D eigenvalue weighted by molar-refractivity contribution is -0.385. The van der Waals surface area contributed by atoms with Crippen LogP contribution in [-0.2, 0) is 16.1 Å². The topological polar surface area (TPSA) is 144 Å². The number of amides is 3. The van der Waals surface area contributed by atoms with Crippen LogP contribution in [0.2, 0.25) is 5.02 Å². The van der Waals surface area contributed by atoms with Gasteiger partial charge in [-0.2, -0.15) is 5.01 Å². The van der Waals surface area contributed by atoms with Crippen LogP contribution in [0.1, 0.15) is 50.0 Å². The highest BCUT2D eigenvalue weighted by molar-refractivity contribution is 6.30. The van der Waals surface area contributed by atoms with E-state index in [0.717, 1.165) is 50.5 Å². The van der Waals surface area contributed by atoms with E-state index in [0.29, 0.717) is 0 Å². The number of benzene rings is 4. The third-order valence-corrected chi connectivity index (χ3v) is 9.03. The van der Waals surface area contributed by atoms with Gasteiger partial charge in [0.05, 0.1) is 33.8 Å². The summed E-state index contributed by atoms with van der Waals surface area (Å²) in [4.78, 5) is 64.8. The van der Waals surface area contributed by atoms with Crippen molar-refractivity contribution in [3.63, 3.8) is 0 Å². The van der Waals surface area contributed by atoms with Crippen LogP contribution >= 0.6 is 11.6 Å². The molecule has 4 aromatic carbocycles. The number of hydrogen-bond acceptors (Lipinski definition) is 7. The number of hydrazine groups is 1. The molecular weight excluding hydrogens is 588 g/mol. The average molecular weight is 609 g/mol.